The third-order valence-electron chi connectivity index (χ3n) is 2.57. The monoisotopic (exact) mass is 300 g/mol. The Morgan fingerprint density at radius 1 is 1.25 bits per heavy atom. The highest BCUT2D eigenvalue weighted by Crippen LogP contribution is 2.15. The number of amides is 1. The van der Waals surface area contributed by atoms with Gasteiger partial charge in [-0.15, -0.1) is 0 Å². The van der Waals surface area contributed by atoms with E-state index >= 15 is 0 Å². The van der Waals surface area contributed by atoms with Crippen LogP contribution in [0.5, 0.6) is 5.75 Å². The summed E-state index contributed by atoms with van der Waals surface area (Å²) in [5.41, 5.74) is 0. The molecule has 0 radical (unpaired) electrons. The second-order valence-electron chi connectivity index (χ2n) is 4.34. The number of hydrogen-bond acceptors (Lipinski definition) is 4. The van der Waals surface area contributed by atoms with Crippen molar-refractivity contribution in [2.24, 2.45) is 0 Å². The van der Waals surface area contributed by atoms with E-state index in [1.807, 2.05) is 6.92 Å². The van der Waals surface area contributed by atoms with Crippen LogP contribution in [0.15, 0.2) is 29.2 Å². The second-order valence-corrected chi connectivity index (χ2v) is 6.11. The SMILES string of the molecule is CCOc1ccc(S(=O)(=O)NCCC(=O)N(C)C)cc1. The van der Waals surface area contributed by atoms with Crippen LogP contribution in [-0.4, -0.2) is 46.5 Å². The molecule has 1 aromatic carbocycles. The number of nitrogens with one attached hydrogen (secondary N) is 1. The summed E-state index contributed by atoms with van der Waals surface area (Å²) in [5, 5.41) is 0. The van der Waals surface area contributed by atoms with E-state index in [-0.39, 0.29) is 23.8 Å². The normalized spacial score (nSPS) is 11.2. The molecule has 0 aromatic heterocycles. The van der Waals surface area contributed by atoms with Gasteiger partial charge in [0, 0.05) is 27.1 Å². The summed E-state index contributed by atoms with van der Waals surface area (Å²) in [6.45, 7) is 2.46. The number of benzene rings is 1. The molecule has 0 aliphatic rings. The lowest BCUT2D eigenvalue weighted by Gasteiger charge is -2.11. The van der Waals surface area contributed by atoms with Crippen LogP contribution in [0.1, 0.15) is 13.3 Å². The smallest absolute Gasteiger partial charge is 0.240 e. The molecular weight excluding hydrogens is 280 g/mol. The Labute approximate surface area is 119 Å². The van der Waals surface area contributed by atoms with Crippen LogP contribution in [0.2, 0.25) is 0 Å². The zero-order valence-electron chi connectivity index (χ0n) is 11.9. The van der Waals surface area contributed by atoms with Gasteiger partial charge in [0.25, 0.3) is 0 Å². The first kappa shape index (κ1) is 16.5. The van der Waals surface area contributed by atoms with Crippen molar-refractivity contribution in [3.63, 3.8) is 0 Å². The van der Waals surface area contributed by atoms with E-state index in [4.69, 9.17) is 4.74 Å². The van der Waals surface area contributed by atoms with Gasteiger partial charge in [-0.05, 0) is 31.2 Å². The fourth-order valence-electron chi connectivity index (χ4n) is 1.48. The maximum atomic E-state index is 12.0. The second kappa shape index (κ2) is 7.25. The van der Waals surface area contributed by atoms with Gasteiger partial charge in [0.1, 0.15) is 5.75 Å². The van der Waals surface area contributed by atoms with Crippen LogP contribution in [-0.2, 0) is 14.8 Å². The van der Waals surface area contributed by atoms with Crippen LogP contribution in [0.3, 0.4) is 0 Å². The Hall–Kier alpha value is -1.60. The quantitative estimate of drug-likeness (QED) is 0.809. The number of sulfonamides is 1. The number of ether oxygens (including phenoxy) is 1. The zero-order valence-corrected chi connectivity index (χ0v) is 12.7. The minimum absolute atomic E-state index is 0.0760. The molecular formula is C13H20N2O4S. The van der Waals surface area contributed by atoms with Crippen LogP contribution in [0.4, 0.5) is 0 Å². The lowest BCUT2D eigenvalue weighted by Crippen LogP contribution is -2.30. The van der Waals surface area contributed by atoms with Crippen LogP contribution in [0.25, 0.3) is 0 Å². The van der Waals surface area contributed by atoms with Gasteiger partial charge in [0.2, 0.25) is 15.9 Å². The number of hydrogen-bond donors (Lipinski definition) is 1. The maximum absolute atomic E-state index is 12.0. The Balaban J connectivity index is 2.62. The highest BCUT2D eigenvalue weighted by Gasteiger charge is 2.14. The van der Waals surface area contributed by atoms with Crippen molar-refractivity contribution < 1.29 is 17.9 Å². The van der Waals surface area contributed by atoms with Crippen molar-refractivity contribution in [1.82, 2.24) is 9.62 Å². The van der Waals surface area contributed by atoms with Crippen LogP contribution < -0.4 is 9.46 Å². The third kappa shape index (κ3) is 4.82. The Kier molecular flexibility index (Phi) is 5.97. The van der Waals surface area contributed by atoms with Gasteiger partial charge in [-0.25, -0.2) is 13.1 Å². The molecule has 1 amide bonds. The van der Waals surface area contributed by atoms with Gasteiger partial charge in [-0.3, -0.25) is 4.79 Å². The van der Waals surface area contributed by atoms with Crippen molar-refractivity contribution in [1.29, 1.82) is 0 Å². The minimum Gasteiger partial charge on any atom is -0.494 e. The van der Waals surface area contributed by atoms with Crippen LogP contribution >= 0.6 is 0 Å². The molecule has 0 fully saturated rings. The molecule has 0 aliphatic heterocycles. The van der Waals surface area contributed by atoms with E-state index in [1.54, 1.807) is 26.2 Å². The van der Waals surface area contributed by atoms with E-state index in [1.165, 1.54) is 17.0 Å². The zero-order chi connectivity index (χ0) is 15.2. The first-order chi connectivity index (χ1) is 9.36. The van der Waals surface area contributed by atoms with Crippen molar-refractivity contribution in [2.75, 3.05) is 27.2 Å². The summed E-state index contributed by atoms with van der Waals surface area (Å²) in [4.78, 5) is 12.9. The molecule has 6 nitrogen and oxygen atoms in total. The summed E-state index contributed by atoms with van der Waals surface area (Å²) >= 11 is 0. The van der Waals surface area contributed by atoms with Gasteiger partial charge in [0.05, 0.1) is 11.5 Å². The third-order valence-corrected chi connectivity index (χ3v) is 4.05. The summed E-state index contributed by atoms with van der Waals surface area (Å²) in [7, 11) is -0.333. The molecule has 0 atom stereocenters. The van der Waals surface area contributed by atoms with Gasteiger partial charge < -0.3 is 9.64 Å². The molecule has 0 spiro atoms. The van der Waals surface area contributed by atoms with Crippen molar-refractivity contribution >= 4 is 15.9 Å². The molecule has 7 heteroatoms. The number of carbonyl (C=O) groups excluding carboxylic acids is 1. The predicted molar refractivity (Wildman–Crippen MR) is 76.1 cm³/mol. The topological polar surface area (TPSA) is 75.7 Å². The summed E-state index contributed by atoms with van der Waals surface area (Å²) < 4.78 is 31.6. The highest BCUT2D eigenvalue weighted by atomic mass is 32.2. The van der Waals surface area contributed by atoms with Gasteiger partial charge in [0.15, 0.2) is 0 Å². The van der Waals surface area contributed by atoms with E-state index in [2.05, 4.69) is 4.72 Å². The average Bonchev–Trinajstić information content (AvgIpc) is 2.39. The van der Waals surface area contributed by atoms with Gasteiger partial charge in [-0.2, -0.15) is 0 Å². The van der Waals surface area contributed by atoms with Gasteiger partial charge >= 0.3 is 0 Å². The Bertz CT molecular complexity index is 538. The molecule has 0 saturated carbocycles. The maximum Gasteiger partial charge on any atom is 0.240 e. The fourth-order valence-corrected chi connectivity index (χ4v) is 2.51. The summed E-state index contributed by atoms with van der Waals surface area (Å²) in [6.07, 6.45) is 0.128. The average molecular weight is 300 g/mol. The van der Waals surface area contributed by atoms with Crippen LogP contribution in [0, 0.1) is 0 Å². The standard InChI is InChI=1S/C13H20N2O4S/c1-4-19-11-5-7-12(8-6-11)20(17,18)14-10-9-13(16)15(2)3/h5-8,14H,4,9-10H2,1-3H3. The Morgan fingerprint density at radius 3 is 2.35 bits per heavy atom. The summed E-state index contributed by atoms with van der Waals surface area (Å²) in [5.74, 6) is 0.494. The number of rotatable bonds is 7. The Morgan fingerprint density at radius 2 is 1.85 bits per heavy atom. The highest BCUT2D eigenvalue weighted by molar-refractivity contribution is 7.89. The first-order valence-corrected chi connectivity index (χ1v) is 7.78. The minimum atomic E-state index is -3.59. The van der Waals surface area contributed by atoms with E-state index in [9.17, 15) is 13.2 Å². The van der Waals surface area contributed by atoms with E-state index in [0.717, 1.165) is 0 Å². The molecule has 1 rings (SSSR count). The number of nitrogens with zero attached hydrogens (tertiary/aromatic N) is 1. The molecule has 20 heavy (non-hydrogen) atoms. The van der Waals surface area contributed by atoms with Crippen molar-refractivity contribution in [3.05, 3.63) is 24.3 Å². The lowest BCUT2D eigenvalue weighted by atomic mass is 10.3. The van der Waals surface area contributed by atoms with Gasteiger partial charge in [-0.1, -0.05) is 0 Å². The molecule has 0 unspecified atom stereocenters. The molecule has 0 bridgehead atoms. The van der Waals surface area contributed by atoms with Crippen molar-refractivity contribution in [3.8, 4) is 5.75 Å². The fraction of sp³-hybridized carbons (Fsp3) is 0.462. The molecule has 1 aromatic rings. The first-order valence-electron chi connectivity index (χ1n) is 6.29. The molecule has 0 heterocycles. The molecule has 0 aliphatic carbocycles. The molecule has 0 saturated heterocycles. The van der Waals surface area contributed by atoms with Crippen molar-refractivity contribution in [2.45, 2.75) is 18.2 Å². The van der Waals surface area contributed by atoms with E-state index < -0.39 is 10.0 Å². The molecule has 112 valence electrons. The summed E-state index contributed by atoms with van der Waals surface area (Å²) in [6, 6.07) is 6.15. The largest absolute Gasteiger partial charge is 0.494 e. The van der Waals surface area contributed by atoms with E-state index in [0.29, 0.717) is 12.4 Å². The lowest BCUT2D eigenvalue weighted by molar-refractivity contribution is -0.128. The number of carbonyl (C=O) groups is 1. The molecule has 1 N–H and O–H groups in total. The predicted octanol–water partition coefficient (Wildman–Crippen LogP) is 0.842.